The first kappa shape index (κ1) is 18.1. The first-order valence-electron chi connectivity index (χ1n) is 8.07. The maximum Gasteiger partial charge on any atom is 0.355 e. The van der Waals surface area contributed by atoms with E-state index in [0.29, 0.717) is 15.8 Å². The van der Waals surface area contributed by atoms with Crippen LogP contribution in [0, 0.1) is 13.8 Å². The number of thiophene rings is 1. The Hall–Kier alpha value is -2.74. The second-order valence-electron chi connectivity index (χ2n) is 6.24. The molecule has 136 valence electrons. The van der Waals surface area contributed by atoms with Gasteiger partial charge >= 0.3 is 5.97 Å². The van der Waals surface area contributed by atoms with Gasteiger partial charge in [0.25, 0.3) is 5.56 Å². The van der Waals surface area contributed by atoms with E-state index < -0.39 is 12.1 Å². The molecule has 0 aromatic carbocycles. The first-order valence-corrected chi connectivity index (χ1v) is 8.89. The van der Waals surface area contributed by atoms with Crippen molar-refractivity contribution in [1.82, 2.24) is 14.5 Å². The lowest BCUT2D eigenvalue weighted by Crippen LogP contribution is -2.18. The number of carbonyl (C=O) groups excluding carboxylic acids is 2. The number of aryl methyl sites for hydroxylation is 3. The molecule has 0 saturated carbocycles. The number of nitrogens with one attached hydrogen (secondary N) is 1. The van der Waals surface area contributed by atoms with Gasteiger partial charge in [-0.15, -0.1) is 11.3 Å². The van der Waals surface area contributed by atoms with Crippen molar-refractivity contribution in [1.29, 1.82) is 0 Å². The van der Waals surface area contributed by atoms with Crippen LogP contribution in [-0.4, -0.2) is 26.3 Å². The zero-order valence-electron chi connectivity index (χ0n) is 15.2. The number of esters is 1. The zero-order chi connectivity index (χ0) is 19.2. The molecule has 1 N–H and O–H groups in total. The summed E-state index contributed by atoms with van der Waals surface area (Å²) in [7, 11) is 1.66. The molecular formula is C18H19N3O4S. The van der Waals surface area contributed by atoms with Gasteiger partial charge in [-0.2, -0.15) is 0 Å². The Morgan fingerprint density at radius 2 is 2.04 bits per heavy atom. The number of rotatable bonds is 4. The van der Waals surface area contributed by atoms with Crippen molar-refractivity contribution in [3.63, 3.8) is 0 Å². The number of aromatic amines is 1. The number of Topliss-reactive ketones (excluding diaryl/α,β-unsaturated/α-hetero) is 1. The number of nitrogens with zero attached hydrogens (tertiary/aromatic N) is 2. The Kier molecular flexibility index (Phi) is 4.53. The van der Waals surface area contributed by atoms with E-state index in [2.05, 4.69) is 9.97 Å². The Morgan fingerprint density at radius 1 is 1.35 bits per heavy atom. The molecule has 0 aliphatic carbocycles. The molecule has 0 bridgehead atoms. The minimum Gasteiger partial charge on any atom is -0.450 e. The summed E-state index contributed by atoms with van der Waals surface area (Å²) in [5.41, 5.74) is 1.36. The number of ether oxygens (including phenoxy) is 1. The van der Waals surface area contributed by atoms with Crippen molar-refractivity contribution in [2.45, 2.75) is 33.8 Å². The van der Waals surface area contributed by atoms with Gasteiger partial charge in [-0.3, -0.25) is 9.59 Å². The van der Waals surface area contributed by atoms with Crippen molar-refractivity contribution in [3.05, 3.63) is 50.1 Å². The predicted molar refractivity (Wildman–Crippen MR) is 99.0 cm³/mol. The topological polar surface area (TPSA) is 94.1 Å². The highest BCUT2D eigenvalue weighted by Gasteiger charge is 2.21. The summed E-state index contributed by atoms with van der Waals surface area (Å²) < 4.78 is 6.98. The lowest BCUT2D eigenvalue weighted by Gasteiger charge is -2.12. The van der Waals surface area contributed by atoms with Crippen molar-refractivity contribution in [2.75, 3.05) is 0 Å². The Morgan fingerprint density at radius 3 is 2.65 bits per heavy atom. The van der Waals surface area contributed by atoms with E-state index in [0.717, 1.165) is 10.4 Å². The second-order valence-corrected chi connectivity index (χ2v) is 7.45. The smallest absolute Gasteiger partial charge is 0.355 e. The van der Waals surface area contributed by atoms with Crippen LogP contribution in [0.25, 0.3) is 10.2 Å². The van der Waals surface area contributed by atoms with Crippen LogP contribution < -0.4 is 5.56 Å². The van der Waals surface area contributed by atoms with Gasteiger partial charge in [0.15, 0.2) is 17.7 Å². The minimum atomic E-state index is -0.738. The second kappa shape index (κ2) is 6.53. The van der Waals surface area contributed by atoms with Gasteiger partial charge in [-0.05, 0) is 39.3 Å². The standard InChI is InChI=1S/C18H19N3O4S/c1-8-11(4)26-17-14(8)16(23)19-15(20-17)10(3)25-18(24)13-6-12(9(2)22)7-21(13)5/h6-7,10H,1-5H3,(H,19,20,23)/t10-/m0/s1. The molecule has 3 heterocycles. The van der Waals surface area contributed by atoms with Crippen molar-refractivity contribution in [2.24, 2.45) is 7.05 Å². The molecular weight excluding hydrogens is 354 g/mol. The van der Waals surface area contributed by atoms with Gasteiger partial charge in [0, 0.05) is 23.7 Å². The molecule has 0 aliphatic rings. The van der Waals surface area contributed by atoms with Crippen molar-refractivity contribution < 1.29 is 14.3 Å². The third kappa shape index (κ3) is 3.08. The van der Waals surface area contributed by atoms with Gasteiger partial charge in [-0.1, -0.05) is 0 Å². The van der Waals surface area contributed by atoms with E-state index in [9.17, 15) is 14.4 Å². The van der Waals surface area contributed by atoms with Gasteiger partial charge in [-0.25, -0.2) is 9.78 Å². The normalized spacial score (nSPS) is 12.3. The highest BCUT2D eigenvalue weighted by atomic mass is 32.1. The molecule has 1 atom stereocenters. The van der Waals surface area contributed by atoms with Crippen LogP contribution in [0.1, 0.15) is 57.1 Å². The number of fused-ring (bicyclic) bond motifs is 1. The van der Waals surface area contributed by atoms with E-state index in [-0.39, 0.29) is 22.9 Å². The van der Waals surface area contributed by atoms with E-state index in [1.807, 2.05) is 13.8 Å². The largest absolute Gasteiger partial charge is 0.450 e. The average molecular weight is 373 g/mol. The third-order valence-corrected chi connectivity index (χ3v) is 5.45. The Bertz CT molecular complexity index is 1090. The average Bonchev–Trinajstić information content (AvgIpc) is 3.08. The summed E-state index contributed by atoms with van der Waals surface area (Å²) in [5.74, 6) is -0.431. The molecule has 0 radical (unpaired) electrons. The number of carbonyl (C=O) groups is 2. The fourth-order valence-electron chi connectivity index (χ4n) is 2.70. The summed E-state index contributed by atoms with van der Waals surface area (Å²) in [6, 6.07) is 1.49. The van der Waals surface area contributed by atoms with Gasteiger partial charge < -0.3 is 14.3 Å². The number of hydrogen-bond acceptors (Lipinski definition) is 6. The van der Waals surface area contributed by atoms with E-state index >= 15 is 0 Å². The highest BCUT2D eigenvalue weighted by molar-refractivity contribution is 7.18. The highest BCUT2D eigenvalue weighted by Crippen LogP contribution is 2.27. The quantitative estimate of drug-likeness (QED) is 0.560. The summed E-state index contributed by atoms with van der Waals surface area (Å²) in [6.07, 6.45) is 0.838. The maximum absolute atomic E-state index is 12.4. The van der Waals surface area contributed by atoms with Crippen LogP contribution >= 0.6 is 11.3 Å². The molecule has 26 heavy (non-hydrogen) atoms. The summed E-state index contributed by atoms with van der Waals surface area (Å²) >= 11 is 1.44. The number of hydrogen-bond donors (Lipinski definition) is 1. The monoisotopic (exact) mass is 373 g/mol. The van der Waals surface area contributed by atoms with Gasteiger partial charge in [0.05, 0.1) is 5.39 Å². The number of ketones is 1. The zero-order valence-corrected chi connectivity index (χ0v) is 16.0. The molecule has 0 fully saturated rings. The Balaban J connectivity index is 1.89. The fraction of sp³-hybridized carbons (Fsp3) is 0.333. The molecule has 0 spiro atoms. The van der Waals surface area contributed by atoms with Crippen molar-refractivity contribution >= 4 is 33.3 Å². The van der Waals surface area contributed by atoms with E-state index in [4.69, 9.17) is 4.74 Å². The van der Waals surface area contributed by atoms with E-state index in [1.165, 1.54) is 28.9 Å². The van der Waals surface area contributed by atoms with Crippen LogP contribution in [0.4, 0.5) is 0 Å². The summed E-state index contributed by atoms with van der Waals surface area (Å²) in [5, 5.41) is 0.573. The van der Waals surface area contributed by atoms with Crippen LogP contribution in [0.2, 0.25) is 0 Å². The number of aromatic nitrogens is 3. The molecule has 3 aromatic heterocycles. The summed E-state index contributed by atoms with van der Waals surface area (Å²) in [4.78, 5) is 45.0. The SMILES string of the molecule is CC(=O)c1cc(C(=O)O[C@@H](C)c2nc3sc(C)c(C)c3c(=O)[nH]2)n(C)c1. The molecule has 3 rings (SSSR count). The van der Waals surface area contributed by atoms with Crippen LogP contribution in [0.3, 0.4) is 0 Å². The number of H-pyrrole nitrogens is 1. The Labute approximate surface area is 153 Å². The molecule has 3 aromatic rings. The third-order valence-electron chi connectivity index (χ3n) is 4.35. The lowest BCUT2D eigenvalue weighted by molar-refractivity contribution is 0.0309. The molecule has 0 aliphatic heterocycles. The molecule has 0 saturated heterocycles. The lowest BCUT2D eigenvalue weighted by atomic mass is 10.2. The minimum absolute atomic E-state index is 0.132. The van der Waals surface area contributed by atoms with Crippen LogP contribution in [-0.2, 0) is 11.8 Å². The maximum atomic E-state index is 12.4. The molecule has 7 nitrogen and oxygen atoms in total. The predicted octanol–water partition coefficient (Wildman–Crippen LogP) is 3.06. The summed E-state index contributed by atoms with van der Waals surface area (Å²) in [6.45, 7) is 6.90. The van der Waals surface area contributed by atoms with Crippen molar-refractivity contribution in [3.8, 4) is 0 Å². The van der Waals surface area contributed by atoms with Gasteiger partial charge in [0.1, 0.15) is 10.5 Å². The molecule has 0 amide bonds. The fourth-order valence-corrected chi connectivity index (χ4v) is 3.74. The molecule has 8 heteroatoms. The van der Waals surface area contributed by atoms with Crippen LogP contribution in [0.5, 0.6) is 0 Å². The first-order chi connectivity index (χ1) is 12.2. The molecule has 0 unspecified atom stereocenters. The van der Waals surface area contributed by atoms with E-state index in [1.54, 1.807) is 20.2 Å². The van der Waals surface area contributed by atoms with Crippen LogP contribution in [0.15, 0.2) is 17.1 Å². The van der Waals surface area contributed by atoms with Gasteiger partial charge in [0.2, 0.25) is 0 Å².